The molecule has 0 atom stereocenters. The van der Waals surface area contributed by atoms with E-state index in [0.29, 0.717) is 5.71 Å². The molecule has 0 radical (unpaired) electrons. The SMILES string of the molecule is N=C(/C=C1\NC(c2ccccc2)=Cc2cc(-c3ccc(N(c4ccc(-c5ccccc5)cc4)c4ccc(-c5ccccc5)cc4)cc3)ccc21)c1ccccc1. The lowest BCUT2D eigenvalue weighted by Crippen LogP contribution is -2.17. The summed E-state index contributed by atoms with van der Waals surface area (Å²) >= 11 is 0. The van der Waals surface area contributed by atoms with Crippen LogP contribution in [0.2, 0.25) is 0 Å². The van der Waals surface area contributed by atoms with Gasteiger partial charge in [-0.15, -0.1) is 0 Å². The zero-order valence-corrected chi connectivity index (χ0v) is 30.8. The van der Waals surface area contributed by atoms with Crippen molar-refractivity contribution in [3.8, 4) is 33.4 Å². The van der Waals surface area contributed by atoms with E-state index in [4.69, 9.17) is 5.41 Å². The van der Waals surface area contributed by atoms with E-state index in [0.717, 1.165) is 61.8 Å². The van der Waals surface area contributed by atoms with Crippen LogP contribution in [-0.2, 0) is 0 Å². The molecule has 1 aliphatic rings. The third-order valence-electron chi connectivity index (χ3n) is 10.3. The molecular formula is C53H39N3. The molecule has 0 amide bonds. The molecule has 0 fully saturated rings. The van der Waals surface area contributed by atoms with Gasteiger partial charge in [0, 0.05) is 34.0 Å². The smallest absolute Gasteiger partial charge is 0.0633 e. The average molecular weight is 718 g/mol. The van der Waals surface area contributed by atoms with Gasteiger partial charge >= 0.3 is 0 Å². The Bertz CT molecular complexity index is 2580. The minimum absolute atomic E-state index is 0.460. The molecule has 3 heteroatoms. The van der Waals surface area contributed by atoms with Crippen LogP contribution in [0.15, 0.2) is 218 Å². The molecule has 266 valence electrons. The van der Waals surface area contributed by atoms with Gasteiger partial charge in [-0.2, -0.15) is 0 Å². The number of benzene rings is 8. The first kappa shape index (κ1) is 34.3. The highest BCUT2D eigenvalue weighted by Crippen LogP contribution is 2.39. The number of fused-ring (bicyclic) bond motifs is 1. The van der Waals surface area contributed by atoms with Crippen LogP contribution < -0.4 is 10.2 Å². The molecule has 8 aromatic rings. The molecule has 0 unspecified atom stereocenters. The van der Waals surface area contributed by atoms with E-state index in [9.17, 15) is 0 Å². The summed E-state index contributed by atoms with van der Waals surface area (Å²) in [5, 5.41) is 12.5. The topological polar surface area (TPSA) is 39.1 Å². The summed E-state index contributed by atoms with van der Waals surface area (Å²) in [6, 6.07) is 74.4. The summed E-state index contributed by atoms with van der Waals surface area (Å²) < 4.78 is 0. The Labute approximate surface area is 328 Å². The Morgan fingerprint density at radius 2 is 0.804 bits per heavy atom. The van der Waals surface area contributed by atoms with E-state index in [-0.39, 0.29) is 0 Å². The highest BCUT2D eigenvalue weighted by Gasteiger charge is 2.19. The van der Waals surface area contributed by atoms with Crippen molar-refractivity contribution in [2.45, 2.75) is 0 Å². The van der Waals surface area contributed by atoms with Gasteiger partial charge < -0.3 is 15.6 Å². The van der Waals surface area contributed by atoms with Crippen molar-refractivity contribution in [1.29, 1.82) is 5.41 Å². The maximum Gasteiger partial charge on any atom is 0.0633 e. The Morgan fingerprint density at radius 3 is 1.29 bits per heavy atom. The molecule has 0 aromatic heterocycles. The Morgan fingerprint density at radius 1 is 0.411 bits per heavy atom. The fourth-order valence-corrected chi connectivity index (χ4v) is 7.36. The van der Waals surface area contributed by atoms with Crippen molar-refractivity contribution in [3.63, 3.8) is 0 Å². The first-order valence-corrected chi connectivity index (χ1v) is 18.9. The molecule has 3 nitrogen and oxygen atoms in total. The van der Waals surface area contributed by atoms with Crippen LogP contribution in [0.5, 0.6) is 0 Å². The van der Waals surface area contributed by atoms with Gasteiger partial charge in [0.15, 0.2) is 0 Å². The molecule has 0 saturated carbocycles. The van der Waals surface area contributed by atoms with Gasteiger partial charge in [-0.1, -0.05) is 170 Å². The lowest BCUT2D eigenvalue weighted by atomic mass is 9.92. The zero-order valence-electron chi connectivity index (χ0n) is 30.8. The zero-order chi connectivity index (χ0) is 37.7. The van der Waals surface area contributed by atoms with Crippen molar-refractivity contribution in [3.05, 3.63) is 241 Å². The quantitative estimate of drug-likeness (QED) is 0.146. The number of hydrogen-bond acceptors (Lipinski definition) is 3. The predicted molar refractivity (Wildman–Crippen MR) is 236 cm³/mol. The summed E-state index contributed by atoms with van der Waals surface area (Å²) in [5.41, 5.74) is 16.8. The lowest BCUT2D eigenvalue weighted by Gasteiger charge is -2.26. The number of nitrogens with zero attached hydrogens (tertiary/aromatic N) is 1. The van der Waals surface area contributed by atoms with Crippen molar-refractivity contribution < 1.29 is 0 Å². The molecule has 0 aliphatic carbocycles. The van der Waals surface area contributed by atoms with Crippen LogP contribution in [0.4, 0.5) is 17.1 Å². The Hall–Kier alpha value is -7.49. The Balaban J connectivity index is 1.07. The van der Waals surface area contributed by atoms with Gasteiger partial charge in [-0.3, -0.25) is 0 Å². The molecular weight excluding hydrogens is 679 g/mol. The van der Waals surface area contributed by atoms with Crippen molar-refractivity contribution in [2.75, 3.05) is 4.90 Å². The van der Waals surface area contributed by atoms with Crippen LogP contribution in [0.3, 0.4) is 0 Å². The minimum Gasteiger partial charge on any atom is -0.354 e. The van der Waals surface area contributed by atoms with Crippen molar-refractivity contribution in [2.24, 2.45) is 0 Å². The molecule has 1 heterocycles. The fraction of sp³-hybridized carbons (Fsp3) is 0. The number of rotatable bonds is 9. The summed E-state index contributed by atoms with van der Waals surface area (Å²) in [6.45, 7) is 0. The lowest BCUT2D eigenvalue weighted by molar-refractivity contribution is 1.22. The largest absolute Gasteiger partial charge is 0.354 e. The molecule has 0 bridgehead atoms. The van der Waals surface area contributed by atoms with E-state index >= 15 is 0 Å². The van der Waals surface area contributed by atoms with Crippen molar-refractivity contribution in [1.82, 2.24) is 5.32 Å². The van der Waals surface area contributed by atoms with Crippen LogP contribution in [-0.4, -0.2) is 5.71 Å². The van der Waals surface area contributed by atoms with E-state index < -0.39 is 0 Å². The van der Waals surface area contributed by atoms with Gasteiger partial charge in [0.25, 0.3) is 0 Å². The maximum absolute atomic E-state index is 8.89. The van der Waals surface area contributed by atoms with Gasteiger partial charge in [0.05, 0.1) is 5.71 Å². The van der Waals surface area contributed by atoms with Crippen LogP contribution in [0.1, 0.15) is 22.3 Å². The van der Waals surface area contributed by atoms with E-state index in [2.05, 4.69) is 192 Å². The molecule has 0 spiro atoms. The molecule has 1 aliphatic heterocycles. The second kappa shape index (κ2) is 15.5. The van der Waals surface area contributed by atoms with Gasteiger partial charge in [0.1, 0.15) is 0 Å². The predicted octanol–water partition coefficient (Wildman–Crippen LogP) is 13.7. The summed E-state index contributed by atoms with van der Waals surface area (Å²) in [5.74, 6) is 0. The number of hydrogen-bond donors (Lipinski definition) is 2. The minimum atomic E-state index is 0.460. The fourth-order valence-electron chi connectivity index (χ4n) is 7.36. The van der Waals surface area contributed by atoms with Crippen LogP contribution in [0.25, 0.3) is 50.9 Å². The second-order valence-electron chi connectivity index (χ2n) is 13.9. The standard InChI is InChI=1S/C53H39N3/c54-51(43-17-9-3-10-18-43)37-53-50-34-27-45(35-46(50)36-52(55-53)44-19-11-4-12-20-44)42-25-32-49(33-26-42)56(47-28-21-40(22-29-47)38-13-5-1-6-14-38)48-30-23-41(24-31-48)39-15-7-2-8-16-39/h1-37,54-55H/b53-37-,54-51?. The first-order chi connectivity index (χ1) is 27.7. The summed E-state index contributed by atoms with van der Waals surface area (Å²) in [7, 11) is 0. The molecule has 9 rings (SSSR count). The second-order valence-corrected chi connectivity index (χ2v) is 13.9. The third-order valence-corrected chi connectivity index (χ3v) is 10.3. The first-order valence-electron chi connectivity index (χ1n) is 18.9. The Kier molecular flexibility index (Phi) is 9.47. The number of anilines is 3. The maximum atomic E-state index is 8.89. The van der Waals surface area contributed by atoms with E-state index in [1.807, 2.05) is 42.5 Å². The number of nitrogens with one attached hydrogen (secondary N) is 2. The third kappa shape index (κ3) is 7.22. The van der Waals surface area contributed by atoms with Gasteiger partial charge in [-0.25, -0.2) is 0 Å². The van der Waals surface area contributed by atoms with Crippen molar-refractivity contribution >= 4 is 40.2 Å². The van der Waals surface area contributed by atoms with Gasteiger partial charge in [0.2, 0.25) is 0 Å². The molecule has 8 aromatic carbocycles. The highest BCUT2D eigenvalue weighted by molar-refractivity contribution is 6.12. The monoisotopic (exact) mass is 717 g/mol. The number of allylic oxidation sites excluding steroid dienone is 1. The van der Waals surface area contributed by atoms with Gasteiger partial charge in [-0.05, 0) is 105 Å². The summed E-state index contributed by atoms with van der Waals surface area (Å²) in [6.07, 6.45) is 4.15. The molecule has 56 heavy (non-hydrogen) atoms. The van der Waals surface area contributed by atoms with Crippen LogP contribution >= 0.6 is 0 Å². The molecule has 2 N–H and O–H groups in total. The van der Waals surface area contributed by atoms with Crippen LogP contribution in [0, 0.1) is 5.41 Å². The summed E-state index contributed by atoms with van der Waals surface area (Å²) in [4.78, 5) is 2.32. The normalized spacial score (nSPS) is 12.6. The highest BCUT2D eigenvalue weighted by atomic mass is 15.1. The average Bonchev–Trinajstić information content (AvgIpc) is 3.28. The molecule has 0 saturated heterocycles. The van der Waals surface area contributed by atoms with E-state index in [1.54, 1.807) is 0 Å². The van der Waals surface area contributed by atoms with E-state index in [1.165, 1.54) is 22.3 Å².